The first-order valence-corrected chi connectivity index (χ1v) is 16.9. The lowest BCUT2D eigenvalue weighted by molar-refractivity contribution is -0.696. The second-order valence-electron chi connectivity index (χ2n) is 11.9. The van der Waals surface area contributed by atoms with Crippen LogP contribution in [0.3, 0.4) is 0 Å². The molecule has 0 radical (unpaired) electrons. The average Bonchev–Trinajstić information content (AvgIpc) is 3.15. The van der Waals surface area contributed by atoms with Gasteiger partial charge in [-0.1, -0.05) is 13.8 Å². The van der Waals surface area contributed by atoms with Gasteiger partial charge in [-0.3, -0.25) is 19.2 Å². The largest absolute Gasteiger partial charge is 0.495 e. The van der Waals surface area contributed by atoms with E-state index < -0.39 is 11.8 Å². The monoisotopic (exact) mass is 702 g/mol. The summed E-state index contributed by atoms with van der Waals surface area (Å²) in [6.45, 7) is 5.84. The standard InChI is InChI=1S/C40H40N6O6/c1-5-19-45-21-7-9-31(25-45)41-39(49)29-15-17-33(35(23-29)51-3)43-37(47)27-11-13-28(14-12-27)38(48)44-34-18-16-30(24-36(34)52-4)40(50)42-32-10-8-22-46(26-32)20-6-2/h7-18,21-26H,5-6,19-20H2,1-4H3,(H2-2,41,42,43,44,47,48,49,50)/p+2. The summed E-state index contributed by atoms with van der Waals surface area (Å²) in [6, 6.07) is 23.0. The Morgan fingerprint density at radius 2 is 0.885 bits per heavy atom. The zero-order valence-corrected chi connectivity index (χ0v) is 29.6. The highest BCUT2D eigenvalue weighted by molar-refractivity contribution is 6.09. The van der Waals surface area contributed by atoms with Crippen molar-refractivity contribution in [3.63, 3.8) is 0 Å². The fourth-order valence-corrected chi connectivity index (χ4v) is 5.43. The fraction of sp³-hybridized carbons (Fsp3) is 0.200. The van der Waals surface area contributed by atoms with Crippen LogP contribution in [0.2, 0.25) is 0 Å². The Bertz CT molecular complexity index is 1930. The van der Waals surface area contributed by atoms with Gasteiger partial charge >= 0.3 is 0 Å². The quantitative estimate of drug-likeness (QED) is 0.103. The molecule has 0 fully saturated rings. The van der Waals surface area contributed by atoms with Crippen LogP contribution in [0.5, 0.6) is 11.5 Å². The number of pyridine rings is 2. The van der Waals surface area contributed by atoms with Crippen molar-refractivity contribution >= 4 is 46.4 Å². The third-order valence-corrected chi connectivity index (χ3v) is 8.03. The highest BCUT2D eigenvalue weighted by Gasteiger charge is 2.17. The second kappa shape index (κ2) is 17.4. The summed E-state index contributed by atoms with van der Waals surface area (Å²) >= 11 is 0. The van der Waals surface area contributed by atoms with E-state index in [2.05, 4.69) is 35.1 Å². The molecule has 0 saturated heterocycles. The zero-order valence-electron chi connectivity index (χ0n) is 29.6. The second-order valence-corrected chi connectivity index (χ2v) is 11.9. The predicted molar refractivity (Wildman–Crippen MR) is 198 cm³/mol. The van der Waals surface area contributed by atoms with Crippen LogP contribution >= 0.6 is 0 Å². The predicted octanol–water partition coefficient (Wildman–Crippen LogP) is 6.11. The normalized spacial score (nSPS) is 10.5. The molecule has 0 unspecified atom stereocenters. The van der Waals surface area contributed by atoms with Crippen LogP contribution in [0.15, 0.2) is 110 Å². The molecule has 0 aliphatic rings. The molecule has 2 heterocycles. The summed E-state index contributed by atoms with van der Waals surface area (Å²) in [5, 5.41) is 11.4. The molecular weight excluding hydrogens is 660 g/mol. The number of hydrogen-bond donors (Lipinski definition) is 4. The van der Waals surface area contributed by atoms with E-state index >= 15 is 0 Å². The Hall–Kier alpha value is -6.56. The minimum Gasteiger partial charge on any atom is -0.495 e. The molecule has 4 amide bonds. The minimum absolute atomic E-state index is 0.302. The van der Waals surface area contributed by atoms with Gasteiger partial charge in [0.2, 0.25) is 0 Å². The van der Waals surface area contributed by atoms with Crippen molar-refractivity contribution in [3.8, 4) is 11.5 Å². The zero-order chi connectivity index (χ0) is 37.0. The van der Waals surface area contributed by atoms with Crippen molar-refractivity contribution < 1.29 is 37.8 Å². The smallest absolute Gasteiger partial charge is 0.255 e. The van der Waals surface area contributed by atoms with E-state index in [1.807, 2.05) is 58.2 Å². The molecule has 0 bridgehead atoms. The third kappa shape index (κ3) is 9.36. The van der Waals surface area contributed by atoms with Gasteiger partial charge in [0.1, 0.15) is 36.0 Å². The number of anilines is 4. The van der Waals surface area contributed by atoms with Gasteiger partial charge in [-0.05, 0) is 72.8 Å². The number of aryl methyl sites for hydroxylation is 2. The summed E-state index contributed by atoms with van der Waals surface area (Å²) in [5.41, 5.74) is 3.40. The molecule has 0 spiro atoms. The van der Waals surface area contributed by atoms with Crippen molar-refractivity contribution in [2.45, 2.75) is 39.8 Å². The number of nitrogens with one attached hydrogen (secondary N) is 4. The Balaban J connectivity index is 1.20. The topological polar surface area (TPSA) is 143 Å². The Morgan fingerprint density at radius 1 is 0.519 bits per heavy atom. The van der Waals surface area contributed by atoms with E-state index in [0.29, 0.717) is 56.5 Å². The Kier molecular flexibility index (Phi) is 12.3. The summed E-state index contributed by atoms with van der Waals surface area (Å²) in [5.74, 6) is -0.882. The van der Waals surface area contributed by atoms with Gasteiger partial charge in [0, 0.05) is 47.2 Å². The van der Waals surface area contributed by atoms with Crippen LogP contribution in [-0.4, -0.2) is 37.8 Å². The molecule has 0 aliphatic carbocycles. The van der Waals surface area contributed by atoms with E-state index in [1.54, 1.807) is 36.4 Å². The van der Waals surface area contributed by atoms with Gasteiger partial charge in [-0.15, -0.1) is 0 Å². The average molecular weight is 703 g/mol. The van der Waals surface area contributed by atoms with Gasteiger partial charge in [0.05, 0.1) is 25.6 Å². The first-order valence-electron chi connectivity index (χ1n) is 16.9. The molecule has 12 nitrogen and oxygen atoms in total. The first kappa shape index (κ1) is 36.7. The van der Waals surface area contributed by atoms with E-state index in [9.17, 15) is 19.2 Å². The summed E-state index contributed by atoms with van der Waals surface area (Å²) < 4.78 is 15.0. The van der Waals surface area contributed by atoms with Gasteiger partial charge in [-0.25, -0.2) is 9.13 Å². The molecule has 0 aliphatic heterocycles. The number of nitrogens with zero attached hydrogens (tertiary/aromatic N) is 2. The number of hydrogen-bond acceptors (Lipinski definition) is 6. The SMILES string of the molecule is CCC[n+]1cccc(NC(=O)c2ccc(NC(=O)c3ccc(C(=O)Nc4ccc(C(=O)Nc5ccc[n+](CCC)c5)cc4OC)cc3)c(OC)c2)c1. The molecule has 5 aromatic rings. The number of rotatable bonds is 14. The number of carbonyl (C=O) groups excluding carboxylic acids is 4. The molecule has 52 heavy (non-hydrogen) atoms. The molecular formula is C40H42N6O6+2. The van der Waals surface area contributed by atoms with Gasteiger partial charge in [0.25, 0.3) is 23.6 Å². The van der Waals surface area contributed by atoms with E-state index in [-0.39, 0.29) is 11.8 Å². The maximum atomic E-state index is 13.1. The Morgan fingerprint density at radius 3 is 1.25 bits per heavy atom. The van der Waals surface area contributed by atoms with E-state index in [0.717, 1.165) is 25.9 Å². The molecule has 0 saturated carbocycles. The lowest BCUT2D eigenvalue weighted by Crippen LogP contribution is -2.33. The highest BCUT2D eigenvalue weighted by Crippen LogP contribution is 2.28. The van der Waals surface area contributed by atoms with Crippen LogP contribution in [0, 0.1) is 0 Å². The number of benzene rings is 3. The van der Waals surface area contributed by atoms with Crippen LogP contribution in [-0.2, 0) is 13.1 Å². The lowest BCUT2D eigenvalue weighted by atomic mass is 10.1. The number of aromatic nitrogens is 2. The maximum absolute atomic E-state index is 13.1. The molecule has 0 atom stereocenters. The maximum Gasteiger partial charge on any atom is 0.255 e. The number of amides is 4. The minimum atomic E-state index is -0.432. The van der Waals surface area contributed by atoms with Crippen molar-refractivity contribution in [1.29, 1.82) is 0 Å². The first-order chi connectivity index (χ1) is 25.2. The lowest BCUT2D eigenvalue weighted by Gasteiger charge is -2.13. The molecule has 3 aromatic carbocycles. The third-order valence-electron chi connectivity index (χ3n) is 8.03. The van der Waals surface area contributed by atoms with Gasteiger partial charge in [-0.2, -0.15) is 0 Å². The van der Waals surface area contributed by atoms with Crippen LogP contribution in [0.25, 0.3) is 0 Å². The number of carbonyl (C=O) groups is 4. The highest BCUT2D eigenvalue weighted by atomic mass is 16.5. The van der Waals surface area contributed by atoms with Crippen LogP contribution < -0.4 is 39.9 Å². The molecule has 266 valence electrons. The number of methoxy groups -OCH3 is 2. The van der Waals surface area contributed by atoms with Crippen molar-refractivity contribution in [2.75, 3.05) is 35.5 Å². The van der Waals surface area contributed by atoms with Crippen molar-refractivity contribution in [2.24, 2.45) is 0 Å². The van der Waals surface area contributed by atoms with Crippen molar-refractivity contribution in [1.82, 2.24) is 0 Å². The van der Waals surface area contributed by atoms with Crippen LogP contribution in [0.1, 0.15) is 68.1 Å². The van der Waals surface area contributed by atoms with E-state index in [1.165, 1.54) is 38.5 Å². The summed E-state index contributed by atoms with van der Waals surface area (Å²) in [6.07, 6.45) is 9.56. The number of ether oxygens (including phenoxy) is 2. The van der Waals surface area contributed by atoms with E-state index in [4.69, 9.17) is 9.47 Å². The van der Waals surface area contributed by atoms with Crippen molar-refractivity contribution in [3.05, 3.63) is 132 Å². The van der Waals surface area contributed by atoms with Gasteiger partial charge in [0.15, 0.2) is 24.8 Å². The van der Waals surface area contributed by atoms with Crippen LogP contribution in [0.4, 0.5) is 22.7 Å². The fourth-order valence-electron chi connectivity index (χ4n) is 5.43. The molecule has 12 heteroatoms. The molecule has 5 rings (SSSR count). The summed E-state index contributed by atoms with van der Waals surface area (Å²) in [7, 11) is 2.91. The summed E-state index contributed by atoms with van der Waals surface area (Å²) in [4.78, 5) is 52.2. The molecule has 4 N–H and O–H groups in total. The van der Waals surface area contributed by atoms with Gasteiger partial charge < -0.3 is 30.7 Å². The molecule has 2 aromatic heterocycles. The Labute approximate surface area is 302 Å².